The van der Waals surface area contributed by atoms with Crippen LogP contribution in [-0.4, -0.2) is 66.8 Å². The summed E-state index contributed by atoms with van der Waals surface area (Å²) in [6, 6.07) is -0.218. The van der Waals surface area contributed by atoms with Gasteiger partial charge in [-0.3, -0.25) is 4.79 Å². The van der Waals surface area contributed by atoms with E-state index in [1.807, 2.05) is 6.92 Å². The fraction of sp³-hybridized carbons (Fsp3) is 0.962. The number of methoxy groups -OCH3 is 1. The van der Waals surface area contributed by atoms with Crippen LogP contribution in [0.1, 0.15) is 78.6 Å². The van der Waals surface area contributed by atoms with Crippen molar-refractivity contribution in [1.29, 1.82) is 0 Å². The van der Waals surface area contributed by atoms with Gasteiger partial charge in [0.25, 0.3) is 0 Å². The summed E-state index contributed by atoms with van der Waals surface area (Å²) in [5.41, 5.74) is 0.242. The highest BCUT2D eigenvalue weighted by Gasteiger charge is 2.42. The largest absolute Gasteiger partial charge is 0.391 e. The normalized spacial score (nSPS) is 35.8. The highest BCUT2D eigenvalue weighted by molar-refractivity contribution is 6.20. The Balaban J connectivity index is 1.53. The molecule has 0 spiro atoms. The lowest BCUT2D eigenvalue weighted by molar-refractivity contribution is -0.128. The molecule has 3 unspecified atom stereocenters. The number of hydrogen-bond acceptors (Lipinski definition) is 4. The van der Waals surface area contributed by atoms with E-state index in [4.69, 9.17) is 16.3 Å². The molecule has 3 fully saturated rings. The maximum atomic E-state index is 13.0. The Kier molecular flexibility index (Phi) is 9.73. The third-order valence-electron chi connectivity index (χ3n) is 8.58. The van der Waals surface area contributed by atoms with E-state index in [1.54, 1.807) is 7.11 Å². The molecule has 186 valence electrons. The van der Waals surface area contributed by atoms with E-state index in [1.165, 1.54) is 19.3 Å². The maximum Gasteiger partial charge on any atom is 0.223 e. The van der Waals surface area contributed by atoms with E-state index >= 15 is 0 Å². The van der Waals surface area contributed by atoms with Gasteiger partial charge in [-0.25, -0.2) is 0 Å². The zero-order valence-electron chi connectivity index (χ0n) is 20.8. The molecule has 0 aromatic carbocycles. The minimum absolute atomic E-state index is 0.0457. The smallest absolute Gasteiger partial charge is 0.223 e. The van der Waals surface area contributed by atoms with Crippen molar-refractivity contribution in [2.75, 3.05) is 33.4 Å². The maximum absolute atomic E-state index is 13.0. The molecule has 2 N–H and O–H groups in total. The molecular weight excluding hydrogens is 424 g/mol. The zero-order chi connectivity index (χ0) is 23.3. The number of rotatable bonds is 8. The predicted octanol–water partition coefficient (Wildman–Crippen LogP) is 4.45. The molecule has 0 radical (unpaired) electrons. The van der Waals surface area contributed by atoms with Crippen LogP contribution in [0.4, 0.5) is 0 Å². The summed E-state index contributed by atoms with van der Waals surface area (Å²) < 4.78 is 5.32. The summed E-state index contributed by atoms with van der Waals surface area (Å²) in [4.78, 5) is 15.5. The number of carbonyl (C=O) groups is 1. The number of halogens is 1. The SMILES string of the molecule is COCC1CCCC(C(=O)N[C@@H](CN2CCC(C3CCC(Cl)CC3)C(C)(C)C2)[C@@H](C)O)C1. The number of aliphatic hydroxyl groups excluding tert-OH is 1. The number of amides is 1. The molecule has 1 amide bonds. The summed E-state index contributed by atoms with van der Waals surface area (Å²) in [6.45, 7) is 10.2. The molecule has 2 saturated carbocycles. The van der Waals surface area contributed by atoms with Crippen LogP contribution in [0.25, 0.3) is 0 Å². The van der Waals surface area contributed by atoms with Crippen LogP contribution in [0.15, 0.2) is 0 Å². The first kappa shape index (κ1) is 26.2. The standard InChI is InChI=1S/C26H47ClN2O3/c1-18(30)24(28-25(31)21-7-5-6-19(14-21)16-32-4)15-29-13-12-23(26(2,3)17-29)20-8-10-22(27)11-9-20/h18-24,30H,5-17H2,1-4H3,(H,28,31)/t18-,19?,20?,21?,22?,23?,24+/m1/s1. The summed E-state index contributed by atoms with van der Waals surface area (Å²) >= 11 is 6.35. The third-order valence-corrected chi connectivity index (χ3v) is 9.02. The lowest BCUT2D eigenvalue weighted by atomic mass is 9.64. The van der Waals surface area contributed by atoms with Crippen LogP contribution >= 0.6 is 11.6 Å². The van der Waals surface area contributed by atoms with Gasteiger partial charge in [0, 0.05) is 38.1 Å². The Morgan fingerprint density at radius 2 is 1.91 bits per heavy atom. The Hall–Kier alpha value is -0.360. The Morgan fingerprint density at radius 3 is 2.53 bits per heavy atom. The van der Waals surface area contributed by atoms with E-state index < -0.39 is 6.10 Å². The van der Waals surface area contributed by atoms with Crippen LogP contribution < -0.4 is 5.32 Å². The van der Waals surface area contributed by atoms with Crippen molar-refractivity contribution < 1.29 is 14.6 Å². The second-order valence-corrected chi connectivity index (χ2v) is 12.3. The number of carbonyl (C=O) groups excluding carboxylic acids is 1. The van der Waals surface area contributed by atoms with E-state index in [0.29, 0.717) is 11.3 Å². The van der Waals surface area contributed by atoms with Crippen LogP contribution in [0.2, 0.25) is 0 Å². The first-order chi connectivity index (χ1) is 15.2. The molecule has 1 saturated heterocycles. The van der Waals surface area contributed by atoms with Crippen molar-refractivity contribution >= 4 is 17.5 Å². The van der Waals surface area contributed by atoms with Gasteiger partial charge >= 0.3 is 0 Å². The van der Waals surface area contributed by atoms with Crippen molar-refractivity contribution in [3.8, 4) is 0 Å². The van der Waals surface area contributed by atoms with Crippen LogP contribution in [0.5, 0.6) is 0 Å². The minimum atomic E-state index is -0.558. The number of piperidine rings is 1. The summed E-state index contributed by atoms with van der Waals surface area (Å²) in [6.07, 6.45) is 9.56. The molecule has 0 bridgehead atoms. The molecule has 3 aliphatic rings. The average molecular weight is 471 g/mol. The van der Waals surface area contributed by atoms with Crippen molar-refractivity contribution in [2.45, 2.75) is 96.1 Å². The number of ether oxygens (including phenoxy) is 1. The Bertz CT molecular complexity index is 590. The fourth-order valence-corrected chi connectivity index (χ4v) is 7.06. The number of hydrogen-bond donors (Lipinski definition) is 2. The minimum Gasteiger partial charge on any atom is -0.391 e. The summed E-state index contributed by atoms with van der Waals surface area (Å²) in [5, 5.41) is 14.1. The molecule has 5 nitrogen and oxygen atoms in total. The fourth-order valence-electron chi connectivity index (χ4n) is 6.81. The monoisotopic (exact) mass is 470 g/mol. The van der Waals surface area contributed by atoms with E-state index in [0.717, 1.165) is 76.6 Å². The number of nitrogens with zero attached hydrogens (tertiary/aromatic N) is 1. The molecule has 6 heteroatoms. The third kappa shape index (κ3) is 7.07. The van der Waals surface area contributed by atoms with E-state index in [2.05, 4.69) is 24.1 Å². The van der Waals surface area contributed by atoms with Gasteiger partial charge in [-0.2, -0.15) is 0 Å². The van der Waals surface area contributed by atoms with Gasteiger partial charge in [-0.05, 0) is 88.0 Å². The van der Waals surface area contributed by atoms with Gasteiger partial charge in [-0.1, -0.05) is 20.3 Å². The van der Waals surface area contributed by atoms with Gasteiger partial charge < -0.3 is 20.1 Å². The van der Waals surface area contributed by atoms with E-state index in [9.17, 15) is 9.90 Å². The zero-order valence-corrected chi connectivity index (χ0v) is 21.6. The first-order valence-electron chi connectivity index (χ1n) is 13.0. The summed E-state index contributed by atoms with van der Waals surface area (Å²) in [5.74, 6) is 2.17. The highest BCUT2D eigenvalue weighted by atomic mass is 35.5. The lowest BCUT2D eigenvalue weighted by Crippen LogP contribution is -2.55. The van der Waals surface area contributed by atoms with Crippen LogP contribution in [-0.2, 0) is 9.53 Å². The van der Waals surface area contributed by atoms with Crippen LogP contribution in [0.3, 0.4) is 0 Å². The van der Waals surface area contributed by atoms with Crippen molar-refractivity contribution in [3.63, 3.8) is 0 Å². The van der Waals surface area contributed by atoms with Crippen molar-refractivity contribution in [2.24, 2.45) is 29.1 Å². The number of aliphatic hydroxyl groups is 1. The van der Waals surface area contributed by atoms with Gasteiger partial charge in [-0.15, -0.1) is 11.6 Å². The van der Waals surface area contributed by atoms with Gasteiger partial charge in [0.15, 0.2) is 0 Å². The molecule has 1 aliphatic heterocycles. The highest BCUT2D eigenvalue weighted by Crippen LogP contribution is 2.45. The molecule has 1 heterocycles. The molecule has 5 atom stereocenters. The molecule has 0 aromatic rings. The quantitative estimate of drug-likeness (QED) is 0.514. The van der Waals surface area contributed by atoms with Crippen molar-refractivity contribution in [3.05, 3.63) is 0 Å². The molecule has 0 aromatic heterocycles. The van der Waals surface area contributed by atoms with Gasteiger partial charge in [0.1, 0.15) is 0 Å². The second-order valence-electron chi connectivity index (χ2n) is 11.7. The average Bonchev–Trinajstić information content (AvgIpc) is 2.74. The Morgan fingerprint density at radius 1 is 1.19 bits per heavy atom. The number of alkyl halides is 1. The molecule has 2 aliphatic carbocycles. The van der Waals surface area contributed by atoms with E-state index in [-0.39, 0.29) is 23.3 Å². The van der Waals surface area contributed by atoms with Gasteiger partial charge in [0.05, 0.1) is 12.1 Å². The molecule has 3 rings (SSSR count). The first-order valence-corrected chi connectivity index (χ1v) is 13.5. The van der Waals surface area contributed by atoms with Crippen LogP contribution in [0, 0.1) is 29.1 Å². The Labute approximate surface area is 201 Å². The predicted molar refractivity (Wildman–Crippen MR) is 131 cm³/mol. The van der Waals surface area contributed by atoms with Crippen molar-refractivity contribution in [1.82, 2.24) is 10.2 Å². The number of likely N-dealkylation sites (tertiary alicyclic amines) is 1. The van der Waals surface area contributed by atoms with Gasteiger partial charge in [0.2, 0.25) is 5.91 Å². The summed E-state index contributed by atoms with van der Waals surface area (Å²) in [7, 11) is 1.74. The molecular formula is C26H47ClN2O3. The topological polar surface area (TPSA) is 61.8 Å². The second kappa shape index (κ2) is 11.9. The molecule has 32 heavy (non-hydrogen) atoms. The number of nitrogens with one attached hydrogen (secondary N) is 1. The lowest BCUT2D eigenvalue weighted by Gasteiger charge is -2.49.